The van der Waals surface area contributed by atoms with Crippen LogP contribution in [-0.4, -0.2) is 21.1 Å². The molecule has 0 bridgehead atoms. The van der Waals surface area contributed by atoms with Crippen molar-refractivity contribution in [3.8, 4) is 16.3 Å². The second-order valence-electron chi connectivity index (χ2n) is 6.02. The standard InChI is InChI=1S/C21H15ClN4O2S/c22-17-12-16(6-7-18(17)28-13-14-4-2-1-3-5-14)19(27)24-21-26-25-20(29-21)15-8-10-23-11-9-15/h1-12H,13H2,(H,24,26,27). The van der Waals surface area contributed by atoms with Gasteiger partial charge in [-0.2, -0.15) is 0 Å². The van der Waals surface area contributed by atoms with Crippen molar-refractivity contribution in [1.29, 1.82) is 0 Å². The van der Waals surface area contributed by atoms with E-state index in [1.54, 1.807) is 30.6 Å². The number of aromatic nitrogens is 3. The summed E-state index contributed by atoms with van der Waals surface area (Å²) in [6.45, 7) is 0.397. The molecular formula is C21H15ClN4O2S. The number of carbonyl (C=O) groups is 1. The van der Waals surface area contributed by atoms with Gasteiger partial charge < -0.3 is 4.74 Å². The molecule has 8 heteroatoms. The number of amides is 1. The third-order valence-electron chi connectivity index (χ3n) is 4.00. The monoisotopic (exact) mass is 422 g/mol. The molecule has 0 atom stereocenters. The molecule has 1 N–H and O–H groups in total. The minimum absolute atomic E-state index is 0.320. The second kappa shape index (κ2) is 8.81. The molecular weight excluding hydrogens is 408 g/mol. The number of nitrogens with zero attached hydrogens (tertiary/aromatic N) is 3. The summed E-state index contributed by atoms with van der Waals surface area (Å²) >= 11 is 7.57. The van der Waals surface area contributed by atoms with Gasteiger partial charge in [-0.15, -0.1) is 10.2 Å². The van der Waals surface area contributed by atoms with Crippen molar-refractivity contribution in [1.82, 2.24) is 15.2 Å². The minimum atomic E-state index is -0.320. The van der Waals surface area contributed by atoms with Crippen LogP contribution in [0.4, 0.5) is 5.13 Å². The Hall–Kier alpha value is -3.29. The third-order valence-corrected chi connectivity index (χ3v) is 5.19. The zero-order valence-electron chi connectivity index (χ0n) is 15.1. The molecule has 0 spiro atoms. The lowest BCUT2D eigenvalue weighted by molar-refractivity contribution is 0.102. The number of pyridine rings is 1. The first kappa shape index (κ1) is 19.0. The lowest BCUT2D eigenvalue weighted by atomic mass is 10.2. The summed E-state index contributed by atoms with van der Waals surface area (Å²) in [5.74, 6) is 0.196. The van der Waals surface area contributed by atoms with Gasteiger partial charge in [0.1, 0.15) is 17.4 Å². The first-order chi connectivity index (χ1) is 14.2. The van der Waals surface area contributed by atoms with Crippen molar-refractivity contribution in [2.75, 3.05) is 5.32 Å². The van der Waals surface area contributed by atoms with Crippen molar-refractivity contribution < 1.29 is 9.53 Å². The number of ether oxygens (including phenoxy) is 1. The van der Waals surface area contributed by atoms with Gasteiger partial charge in [0.15, 0.2) is 0 Å². The Morgan fingerprint density at radius 2 is 1.83 bits per heavy atom. The van der Waals surface area contributed by atoms with Crippen LogP contribution in [0, 0.1) is 0 Å². The van der Waals surface area contributed by atoms with E-state index >= 15 is 0 Å². The number of carbonyl (C=O) groups excluding carboxylic acids is 1. The van der Waals surface area contributed by atoms with Crippen LogP contribution in [0.1, 0.15) is 15.9 Å². The molecule has 4 aromatic rings. The molecule has 0 radical (unpaired) electrons. The van der Waals surface area contributed by atoms with Gasteiger partial charge in [0.05, 0.1) is 5.02 Å². The molecule has 2 aromatic carbocycles. The van der Waals surface area contributed by atoms with E-state index in [0.29, 0.717) is 33.1 Å². The summed E-state index contributed by atoms with van der Waals surface area (Å²) in [5, 5.41) is 12.3. The van der Waals surface area contributed by atoms with Crippen molar-refractivity contribution >= 4 is 34.0 Å². The third kappa shape index (κ3) is 4.77. The van der Waals surface area contributed by atoms with Crippen LogP contribution < -0.4 is 10.1 Å². The van der Waals surface area contributed by atoms with Crippen LogP contribution in [0.5, 0.6) is 5.75 Å². The summed E-state index contributed by atoms with van der Waals surface area (Å²) in [6, 6.07) is 18.4. The number of anilines is 1. The van der Waals surface area contributed by atoms with Crippen molar-refractivity contribution in [2.24, 2.45) is 0 Å². The predicted molar refractivity (Wildman–Crippen MR) is 113 cm³/mol. The molecule has 0 saturated carbocycles. The molecule has 0 saturated heterocycles. The maximum absolute atomic E-state index is 12.5. The Kier molecular flexibility index (Phi) is 5.79. The summed E-state index contributed by atoms with van der Waals surface area (Å²) in [6.07, 6.45) is 3.36. The van der Waals surface area contributed by atoms with Crippen LogP contribution in [0.15, 0.2) is 73.1 Å². The van der Waals surface area contributed by atoms with Crippen molar-refractivity contribution in [2.45, 2.75) is 6.61 Å². The number of halogens is 1. The number of nitrogens with one attached hydrogen (secondary N) is 1. The lowest BCUT2D eigenvalue weighted by Crippen LogP contribution is -2.11. The van der Waals surface area contributed by atoms with Gasteiger partial charge in [-0.1, -0.05) is 53.3 Å². The smallest absolute Gasteiger partial charge is 0.257 e. The zero-order chi connectivity index (χ0) is 20.1. The molecule has 1 amide bonds. The van der Waals surface area contributed by atoms with Crippen molar-refractivity contribution in [3.05, 3.63) is 89.2 Å². The molecule has 4 rings (SSSR count). The van der Waals surface area contributed by atoms with Gasteiger partial charge in [0, 0.05) is 23.5 Å². The molecule has 0 aliphatic rings. The van der Waals surface area contributed by atoms with Crippen molar-refractivity contribution in [3.63, 3.8) is 0 Å². The highest BCUT2D eigenvalue weighted by molar-refractivity contribution is 7.18. The van der Waals surface area contributed by atoms with Crippen LogP contribution in [-0.2, 0) is 6.61 Å². The van der Waals surface area contributed by atoms with E-state index in [0.717, 1.165) is 11.1 Å². The van der Waals surface area contributed by atoms with Crippen LogP contribution in [0.3, 0.4) is 0 Å². The fourth-order valence-corrected chi connectivity index (χ4v) is 3.53. The maximum Gasteiger partial charge on any atom is 0.257 e. The molecule has 0 aliphatic carbocycles. The van der Waals surface area contributed by atoms with Gasteiger partial charge in [-0.25, -0.2) is 0 Å². The average Bonchev–Trinajstić information content (AvgIpc) is 3.22. The first-order valence-electron chi connectivity index (χ1n) is 8.70. The highest BCUT2D eigenvalue weighted by atomic mass is 35.5. The average molecular weight is 423 g/mol. The minimum Gasteiger partial charge on any atom is -0.487 e. The molecule has 144 valence electrons. The Labute approximate surface area is 176 Å². The first-order valence-corrected chi connectivity index (χ1v) is 9.90. The second-order valence-corrected chi connectivity index (χ2v) is 7.41. The van der Waals surface area contributed by atoms with Gasteiger partial charge in [0.25, 0.3) is 5.91 Å². The summed E-state index contributed by atoms with van der Waals surface area (Å²) in [5.41, 5.74) is 2.33. The summed E-state index contributed by atoms with van der Waals surface area (Å²) < 4.78 is 5.74. The predicted octanol–water partition coefficient (Wildman–Crippen LogP) is 5.08. The van der Waals surface area contributed by atoms with E-state index in [1.165, 1.54) is 11.3 Å². The summed E-state index contributed by atoms with van der Waals surface area (Å²) in [7, 11) is 0. The van der Waals surface area contributed by atoms with Crippen LogP contribution in [0.25, 0.3) is 10.6 Å². The maximum atomic E-state index is 12.5. The van der Waals surface area contributed by atoms with Crippen LogP contribution >= 0.6 is 22.9 Å². The zero-order valence-corrected chi connectivity index (χ0v) is 16.7. The highest BCUT2D eigenvalue weighted by Gasteiger charge is 2.13. The molecule has 2 heterocycles. The van der Waals surface area contributed by atoms with E-state index in [-0.39, 0.29) is 5.91 Å². The molecule has 0 aliphatic heterocycles. The van der Waals surface area contributed by atoms with E-state index < -0.39 is 0 Å². The molecule has 2 aromatic heterocycles. The van der Waals surface area contributed by atoms with E-state index in [1.807, 2.05) is 42.5 Å². The number of rotatable bonds is 6. The number of hydrogen-bond donors (Lipinski definition) is 1. The quantitative estimate of drug-likeness (QED) is 0.468. The fraction of sp³-hybridized carbons (Fsp3) is 0.0476. The normalized spacial score (nSPS) is 10.5. The Morgan fingerprint density at radius 1 is 1.03 bits per heavy atom. The van der Waals surface area contributed by atoms with Gasteiger partial charge in [-0.3, -0.25) is 15.1 Å². The van der Waals surface area contributed by atoms with Crippen LogP contribution in [0.2, 0.25) is 5.02 Å². The van der Waals surface area contributed by atoms with Gasteiger partial charge >= 0.3 is 0 Å². The highest BCUT2D eigenvalue weighted by Crippen LogP contribution is 2.28. The van der Waals surface area contributed by atoms with E-state index in [2.05, 4.69) is 20.5 Å². The molecule has 29 heavy (non-hydrogen) atoms. The Morgan fingerprint density at radius 3 is 2.59 bits per heavy atom. The molecule has 0 unspecified atom stereocenters. The Balaban J connectivity index is 1.41. The Bertz CT molecular complexity index is 1120. The van der Waals surface area contributed by atoms with E-state index in [4.69, 9.17) is 16.3 Å². The topological polar surface area (TPSA) is 77.0 Å². The van der Waals surface area contributed by atoms with Gasteiger partial charge in [0.2, 0.25) is 5.13 Å². The SMILES string of the molecule is O=C(Nc1nnc(-c2ccncc2)s1)c1ccc(OCc2ccccc2)c(Cl)c1. The molecule has 0 fully saturated rings. The largest absolute Gasteiger partial charge is 0.487 e. The fourth-order valence-electron chi connectivity index (χ4n) is 2.55. The lowest BCUT2D eigenvalue weighted by Gasteiger charge is -2.09. The van der Waals surface area contributed by atoms with Gasteiger partial charge in [-0.05, 0) is 35.9 Å². The van der Waals surface area contributed by atoms with E-state index in [9.17, 15) is 4.79 Å². The summed E-state index contributed by atoms with van der Waals surface area (Å²) in [4.78, 5) is 16.5. The number of benzene rings is 2. The molecule has 6 nitrogen and oxygen atoms in total. The number of hydrogen-bond acceptors (Lipinski definition) is 6.